The van der Waals surface area contributed by atoms with Crippen molar-refractivity contribution in [2.24, 2.45) is 0 Å². The van der Waals surface area contributed by atoms with E-state index in [4.69, 9.17) is 5.11 Å². The van der Waals surface area contributed by atoms with Crippen LogP contribution < -0.4 is 5.32 Å². The number of rotatable bonds is 5. The summed E-state index contributed by atoms with van der Waals surface area (Å²) < 4.78 is 0. The summed E-state index contributed by atoms with van der Waals surface area (Å²) in [5.74, 6) is -0.967. The Bertz CT molecular complexity index is 447. The molecule has 1 aliphatic heterocycles. The van der Waals surface area contributed by atoms with Crippen molar-refractivity contribution in [3.8, 4) is 0 Å². The maximum atomic E-state index is 11.8. The summed E-state index contributed by atoms with van der Waals surface area (Å²) in [7, 11) is 0. The second-order valence-electron chi connectivity index (χ2n) is 4.73. The van der Waals surface area contributed by atoms with Crippen molar-refractivity contribution >= 4 is 11.9 Å². The SMILES string of the molecule is O=C(CN1CCC[C@H]1C(=O)O)NCc1ccccc1. The summed E-state index contributed by atoms with van der Waals surface area (Å²) in [4.78, 5) is 24.5. The molecule has 1 aromatic carbocycles. The number of likely N-dealkylation sites (tertiary alicyclic amines) is 1. The number of nitrogens with one attached hydrogen (secondary N) is 1. The Morgan fingerprint density at radius 2 is 2.05 bits per heavy atom. The van der Waals surface area contributed by atoms with E-state index in [0.29, 0.717) is 19.5 Å². The molecule has 0 radical (unpaired) electrons. The number of amides is 1. The lowest BCUT2D eigenvalue weighted by Gasteiger charge is -2.20. The summed E-state index contributed by atoms with van der Waals surface area (Å²) in [5, 5.41) is 11.8. The van der Waals surface area contributed by atoms with Gasteiger partial charge in [-0.1, -0.05) is 30.3 Å². The standard InChI is InChI=1S/C14H18N2O3/c17-13(15-9-11-5-2-1-3-6-11)10-16-8-4-7-12(16)14(18)19/h1-3,5-6,12H,4,7-10H2,(H,15,17)(H,18,19)/t12-/m0/s1. The van der Waals surface area contributed by atoms with Crippen molar-refractivity contribution in [1.29, 1.82) is 0 Å². The van der Waals surface area contributed by atoms with Crippen LogP contribution in [0.3, 0.4) is 0 Å². The highest BCUT2D eigenvalue weighted by Crippen LogP contribution is 2.16. The van der Waals surface area contributed by atoms with E-state index < -0.39 is 12.0 Å². The van der Waals surface area contributed by atoms with E-state index in [9.17, 15) is 9.59 Å². The molecular weight excluding hydrogens is 244 g/mol. The van der Waals surface area contributed by atoms with E-state index in [2.05, 4.69) is 5.32 Å². The number of benzene rings is 1. The number of carboxylic acid groups (broad SMARTS) is 1. The number of carbonyl (C=O) groups is 2. The molecule has 2 rings (SSSR count). The van der Waals surface area contributed by atoms with E-state index >= 15 is 0 Å². The van der Waals surface area contributed by atoms with Crippen LogP contribution in [0.25, 0.3) is 0 Å². The largest absolute Gasteiger partial charge is 0.480 e. The average molecular weight is 262 g/mol. The van der Waals surface area contributed by atoms with Crippen LogP contribution in [0.5, 0.6) is 0 Å². The summed E-state index contributed by atoms with van der Waals surface area (Å²) in [5.41, 5.74) is 1.03. The minimum atomic E-state index is -0.839. The normalized spacial score (nSPS) is 19.3. The molecule has 1 aliphatic rings. The van der Waals surface area contributed by atoms with Gasteiger partial charge in [-0.15, -0.1) is 0 Å². The van der Waals surface area contributed by atoms with Crippen LogP contribution in [-0.4, -0.2) is 41.0 Å². The van der Waals surface area contributed by atoms with Gasteiger partial charge in [0.15, 0.2) is 0 Å². The Balaban J connectivity index is 1.80. The fraction of sp³-hybridized carbons (Fsp3) is 0.429. The third kappa shape index (κ3) is 3.79. The van der Waals surface area contributed by atoms with Crippen LogP contribution in [0.4, 0.5) is 0 Å². The zero-order valence-corrected chi connectivity index (χ0v) is 10.7. The van der Waals surface area contributed by atoms with Crippen molar-refractivity contribution in [3.05, 3.63) is 35.9 Å². The third-order valence-electron chi connectivity index (χ3n) is 3.33. The Kier molecular flexibility index (Phi) is 4.52. The first-order valence-corrected chi connectivity index (χ1v) is 6.44. The summed E-state index contributed by atoms with van der Waals surface area (Å²) in [6.45, 7) is 1.31. The molecule has 5 heteroatoms. The molecule has 0 bridgehead atoms. The van der Waals surface area contributed by atoms with Gasteiger partial charge < -0.3 is 10.4 Å². The quantitative estimate of drug-likeness (QED) is 0.825. The monoisotopic (exact) mass is 262 g/mol. The summed E-state index contributed by atoms with van der Waals surface area (Å²) in [6, 6.07) is 9.13. The maximum absolute atomic E-state index is 11.8. The van der Waals surface area contributed by atoms with Crippen molar-refractivity contribution < 1.29 is 14.7 Å². The summed E-state index contributed by atoms with van der Waals surface area (Å²) in [6.07, 6.45) is 1.46. The second-order valence-corrected chi connectivity index (χ2v) is 4.73. The van der Waals surface area contributed by atoms with Gasteiger partial charge in [-0.25, -0.2) is 0 Å². The van der Waals surface area contributed by atoms with Crippen molar-refractivity contribution in [1.82, 2.24) is 10.2 Å². The van der Waals surface area contributed by atoms with Crippen molar-refractivity contribution in [2.75, 3.05) is 13.1 Å². The predicted octanol–water partition coefficient (Wildman–Crippen LogP) is 0.852. The molecule has 1 fully saturated rings. The first kappa shape index (κ1) is 13.5. The number of aliphatic carboxylic acids is 1. The highest BCUT2D eigenvalue weighted by atomic mass is 16.4. The van der Waals surface area contributed by atoms with Gasteiger partial charge in [-0.2, -0.15) is 0 Å². The fourth-order valence-corrected chi connectivity index (χ4v) is 2.33. The topological polar surface area (TPSA) is 69.6 Å². The molecule has 0 spiro atoms. The Morgan fingerprint density at radius 1 is 1.32 bits per heavy atom. The zero-order chi connectivity index (χ0) is 13.7. The van der Waals surface area contributed by atoms with E-state index in [-0.39, 0.29) is 12.5 Å². The van der Waals surface area contributed by atoms with Gasteiger partial charge in [0, 0.05) is 6.54 Å². The minimum absolute atomic E-state index is 0.128. The molecule has 0 aliphatic carbocycles. The maximum Gasteiger partial charge on any atom is 0.320 e. The van der Waals surface area contributed by atoms with Gasteiger partial charge in [-0.3, -0.25) is 14.5 Å². The highest BCUT2D eigenvalue weighted by molar-refractivity contribution is 5.80. The van der Waals surface area contributed by atoms with Crippen LogP contribution in [0.2, 0.25) is 0 Å². The van der Waals surface area contributed by atoms with Gasteiger partial charge in [0.05, 0.1) is 6.54 Å². The van der Waals surface area contributed by atoms with Crippen molar-refractivity contribution in [2.45, 2.75) is 25.4 Å². The molecule has 19 heavy (non-hydrogen) atoms. The molecule has 1 atom stereocenters. The molecule has 1 aromatic rings. The molecule has 0 saturated carbocycles. The molecule has 5 nitrogen and oxygen atoms in total. The van der Waals surface area contributed by atoms with Crippen LogP contribution in [-0.2, 0) is 16.1 Å². The van der Waals surface area contributed by atoms with Gasteiger partial charge in [0.2, 0.25) is 5.91 Å². The molecule has 0 unspecified atom stereocenters. The average Bonchev–Trinajstić information content (AvgIpc) is 2.86. The number of hydrogen-bond acceptors (Lipinski definition) is 3. The molecule has 1 heterocycles. The van der Waals surface area contributed by atoms with Gasteiger partial charge >= 0.3 is 5.97 Å². The minimum Gasteiger partial charge on any atom is -0.480 e. The van der Waals surface area contributed by atoms with E-state index in [1.54, 1.807) is 4.90 Å². The van der Waals surface area contributed by atoms with Gasteiger partial charge in [-0.05, 0) is 24.9 Å². The first-order valence-electron chi connectivity index (χ1n) is 6.44. The second kappa shape index (κ2) is 6.33. The zero-order valence-electron chi connectivity index (χ0n) is 10.7. The van der Waals surface area contributed by atoms with Crippen LogP contribution in [0.15, 0.2) is 30.3 Å². The van der Waals surface area contributed by atoms with Crippen LogP contribution in [0, 0.1) is 0 Å². The first-order chi connectivity index (χ1) is 9.16. The van der Waals surface area contributed by atoms with E-state index in [0.717, 1.165) is 12.0 Å². The number of nitrogens with zero attached hydrogens (tertiary/aromatic N) is 1. The highest BCUT2D eigenvalue weighted by Gasteiger charge is 2.31. The molecular formula is C14H18N2O3. The molecule has 0 aromatic heterocycles. The third-order valence-corrected chi connectivity index (χ3v) is 3.33. The Morgan fingerprint density at radius 3 is 2.74 bits per heavy atom. The molecule has 102 valence electrons. The van der Waals surface area contributed by atoms with E-state index in [1.807, 2.05) is 30.3 Å². The lowest BCUT2D eigenvalue weighted by atomic mass is 10.2. The van der Waals surface area contributed by atoms with Crippen molar-refractivity contribution in [3.63, 3.8) is 0 Å². The van der Waals surface area contributed by atoms with Crippen LogP contribution >= 0.6 is 0 Å². The Labute approximate surface area is 112 Å². The van der Waals surface area contributed by atoms with Gasteiger partial charge in [0.25, 0.3) is 0 Å². The lowest BCUT2D eigenvalue weighted by Crippen LogP contribution is -2.42. The van der Waals surface area contributed by atoms with Gasteiger partial charge in [0.1, 0.15) is 6.04 Å². The number of carboxylic acids is 1. The predicted molar refractivity (Wildman–Crippen MR) is 70.5 cm³/mol. The smallest absolute Gasteiger partial charge is 0.320 e. The fourth-order valence-electron chi connectivity index (χ4n) is 2.33. The Hall–Kier alpha value is -1.88. The van der Waals surface area contributed by atoms with Crippen LogP contribution in [0.1, 0.15) is 18.4 Å². The molecule has 1 amide bonds. The summed E-state index contributed by atoms with van der Waals surface area (Å²) >= 11 is 0. The van der Waals surface area contributed by atoms with E-state index in [1.165, 1.54) is 0 Å². The lowest BCUT2D eigenvalue weighted by molar-refractivity contribution is -0.142. The molecule has 1 saturated heterocycles. The number of carbonyl (C=O) groups excluding carboxylic acids is 1. The molecule has 2 N–H and O–H groups in total. The number of hydrogen-bond donors (Lipinski definition) is 2.